The lowest BCUT2D eigenvalue weighted by Gasteiger charge is -2.10. The van der Waals surface area contributed by atoms with Gasteiger partial charge in [-0.1, -0.05) is 0 Å². The minimum atomic E-state index is -0.791. The van der Waals surface area contributed by atoms with Crippen molar-refractivity contribution in [3.63, 3.8) is 0 Å². The van der Waals surface area contributed by atoms with Gasteiger partial charge in [-0.3, -0.25) is 14.9 Å². The van der Waals surface area contributed by atoms with Crippen molar-refractivity contribution in [1.29, 1.82) is 0 Å². The summed E-state index contributed by atoms with van der Waals surface area (Å²) in [7, 11) is 0. The highest BCUT2D eigenvalue weighted by Gasteiger charge is 2.19. The molecular weight excluding hydrogens is 240 g/mol. The highest BCUT2D eigenvalue weighted by molar-refractivity contribution is 5.95. The number of amides is 1. The Kier molecular flexibility index (Phi) is 3.05. The highest BCUT2D eigenvalue weighted by Crippen LogP contribution is 2.12. The van der Waals surface area contributed by atoms with Crippen LogP contribution in [0.3, 0.4) is 0 Å². The molecule has 0 bridgehead atoms. The van der Waals surface area contributed by atoms with Crippen molar-refractivity contribution < 1.29 is 19.2 Å². The molecule has 2 rings (SSSR count). The van der Waals surface area contributed by atoms with Gasteiger partial charge in [0, 0.05) is 23.8 Å². The lowest BCUT2D eigenvalue weighted by atomic mass is 10.2. The van der Waals surface area contributed by atoms with Crippen LogP contribution in [0.15, 0.2) is 36.4 Å². The van der Waals surface area contributed by atoms with Gasteiger partial charge in [0.05, 0.1) is 4.92 Å². The molecule has 0 radical (unpaired) electrons. The number of nitrogens with one attached hydrogen (secondary N) is 1. The third-order valence-corrected chi connectivity index (χ3v) is 2.26. The van der Waals surface area contributed by atoms with Crippen molar-refractivity contribution in [2.24, 2.45) is 0 Å². The van der Waals surface area contributed by atoms with E-state index in [0.717, 1.165) is 0 Å². The van der Waals surface area contributed by atoms with Crippen molar-refractivity contribution in [2.45, 2.75) is 6.23 Å². The van der Waals surface area contributed by atoms with Gasteiger partial charge in [-0.25, -0.2) is 4.79 Å². The third-order valence-electron chi connectivity index (χ3n) is 2.26. The zero-order valence-corrected chi connectivity index (χ0v) is 9.03. The van der Waals surface area contributed by atoms with Crippen LogP contribution in [-0.2, 0) is 9.53 Å². The number of non-ortho nitro benzene ring substituents is 1. The van der Waals surface area contributed by atoms with Crippen LogP contribution in [-0.4, -0.2) is 23.0 Å². The Balaban J connectivity index is 2.03. The fourth-order valence-electron chi connectivity index (χ4n) is 1.39. The first-order valence-corrected chi connectivity index (χ1v) is 5.00. The summed E-state index contributed by atoms with van der Waals surface area (Å²) >= 11 is 0. The molecule has 1 amide bonds. The molecule has 0 fully saturated rings. The van der Waals surface area contributed by atoms with Crippen molar-refractivity contribution >= 4 is 17.6 Å². The highest BCUT2D eigenvalue weighted by atomic mass is 16.6. The second-order valence-corrected chi connectivity index (χ2v) is 3.49. The molecule has 1 aromatic rings. The maximum atomic E-state index is 11.7. The predicted molar refractivity (Wildman–Crippen MR) is 59.6 cm³/mol. The third kappa shape index (κ3) is 2.51. The fourth-order valence-corrected chi connectivity index (χ4v) is 1.39. The maximum Gasteiger partial charge on any atom is 0.332 e. The van der Waals surface area contributed by atoms with E-state index in [0.29, 0.717) is 0 Å². The van der Waals surface area contributed by atoms with Crippen molar-refractivity contribution in [3.05, 3.63) is 52.1 Å². The molecule has 1 unspecified atom stereocenters. The van der Waals surface area contributed by atoms with E-state index in [4.69, 9.17) is 4.74 Å². The van der Waals surface area contributed by atoms with Gasteiger partial charge < -0.3 is 10.1 Å². The molecule has 1 aliphatic heterocycles. The summed E-state index contributed by atoms with van der Waals surface area (Å²) in [6.45, 7) is 0. The minimum Gasteiger partial charge on any atom is -0.435 e. The van der Waals surface area contributed by atoms with Gasteiger partial charge in [-0.15, -0.1) is 0 Å². The summed E-state index contributed by atoms with van der Waals surface area (Å²) < 4.78 is 4.73. The van der Waals surface area contributed by atoms with Crippen molar-refractivity contribution in [1.82, 2.24) is 5.32 Å². The SMILES string of the molecule is O=C1C=CC(NC(=O)c2ccc([N+](=O)[O-])cc2)O1. The molecule has 18 heavy (non-hydrogen) atoms. The number of benzene rings is 1. The summed E-state index contributed by atoms with van der Waals surface area (Å²) in [6, 6.07) is 5.11. The number of carbonyl (C=O) groups is 2. The van der Waals surface area contributed by atoms with Gasteiger partial charge in [-0.05, 0) is 18.2 Å². The number of hydrogen-bond acceptors (Lipinski definition) is 5. The van der Waals surface area contributed by atoms with Gasteiger partial charge in [-0.2, -0.15) is 0 Å². The normalized spacial score (nSPS) is 17.3. The quantitative estimate of drug-likeness (QED) is 0.483. The number of nitrogens with zero attached hydrogens (tertiary/aromatic N) is 1. The first-order valence-electron chi connectivity index (χ1n) is 5.00. The number of nitro benzene ring substituents is 1. The fraction of sp³-hybridized carbons (Fsp3) is 0.0909. The summed E-state index contributed by atoms with van der Waals surface area (Å²) in [5, 5.41) is 12.9. The van der Waals surface area contributed by atoms with E-state index in [1.165, 1.54) is 36.4 Å². The summed E-state index contributed by atoms with van der Waals surface area (Å²) in [5.74, 6) is -1.00. The maximum absolute atomic E-state index is 11.7. The molecule has 0 saturated heterocycles. The predicted octanol–water partition coefficient (Wildman–Crippen LogP) is 0.764. The molecule has 92 valence electrons. The molecule has 1 aliphatic rings. The minimum absolute atomic E-state index is 0.0984. The van der Waals surface area contributed by atoms with E-state index in [-0.39, 0.29) is 11.3 Å². The largest absolute Gasteiger partial charge is 0.435 e. The molecule has 0 spiro atoms. The first-order chi connectivity index (χ1) is 8.56. The van der Waals surface area contributed by atoms with Crippen LogP contribution in [0.5, 0.6) is 0 Å². The standard InChI is InChI=1S/C11H8N2O5/c14-10-6-5-9(18-10)12-11(15)7-1-3-8(4-2-7)13(16)17/h1-6,9H,(H,12,15). The molecule has 7 nitrogen and oxygen atoms in total. The molecule has 1 atom stereocenters. The van der Waals surface area contributed by atoms with Crippen molar-refractivity contribution in [2.75, 3.05) is 0 Å². The van der Waals surface area contributed by atoms with Gasteiger partial charge in [0.15, 0.2) is 6.23 Å². The molecule has 1 N–H and O–H groups in total. The van der Waals surface area contributed by atoms with E-state index in [1.54, 1.807) is 0 Å². The average molecular weight is 248 g/mol. The van der Waals surface area contributed by atoms with Crippen LogP contribution in [0.1, 0.15) is 10.4 Å². The second-order valence-electron chi connectivity index (χ2n) is 3.49. The number of carbonyl (C=O) groups excluding carboxylic acids is 2. The number of rotatable bonds is 3. The molecule has 0 saturated carbocycles. The van der Waals surface area contributed by atoms with E-state index in [9.17, 15) is 19.7 Å². The Labute approximate surface area is 101 Å². The van der Waals surface area contributed by atoms with E-state index < -0.39 is 23.0 Å². The van der Waals surface area contributed by atoms with Crippen LogP contribution in [0.4, 0.5) is 5.69 Å². The summed E-state index contributed by atoms with van der Waals surface area (Å²) in [6.07, 6.45) is 1.83. The van der Waals surface area contributed by atoms with Gasteiger partial charge in [0.2, 0.25) is 0 Å². The summed E-state index contributed by atoms with van der Waals surface area (Å²) in [4.78, 5) is 32.3. The Morgan fingerprint density at radius 2 is 2.00 bits per heavy atom. The number of esters is 1. The van der Waals surface area contributed by atoms with Gasteiger partial charge in [0.1, 0.15) is 0 Å². The van der Waals surface area contributed by atoms with Crippen LogP contribution in [0, 0.1) is 10.1 Å². The lowest BCUT2D eigenvalue weighted by Crippen LogP contribution is -2.34. The zero-order chi connectivity index (χ0) is 13.1. The Bertz CT molecular complexity index is 535. The van der Waals surface area contributed by atoms with Gasteiger partial charge in [0.25, 0.3) is 11.6 Å². The Morgan fingerprint density at radius 3 is 2.50 bits per heavy atom. The zero-order valence-electron chi connectivity index (χ0n) is 9.03. The molecule has 1 aromatic carbocycles. The number of nitro groups is 1. The second kappa shape index (κ2) is 4.66. The average Bonchev–Trinajstić information content (AvgIpc) is 2.75. The van der Waals surface area contributed by atoms with Gasteiger partial charge >= 0.3 is 5.97 Å². The van der Waals surface area contributed by atoms with E-state index in [1.807, 2.05) is 0 Å². The van der Waals surface area contributed by atoms with Crippen LogP contribution in [0.25, 0.3) is 0 Å². The summed E-state index contributed by atoms with van der Waals surface area (Å²) in [5.41, 5.74) is 0.149. The Morgan fingerprint density at radius 1 is 1.33 bits per heavy atom. The smallest absolute Gasteiger partial charge is 0.332 e. The Hall–Kier alpha value is -2.70. The monoisotopic (exact) mass is 248 g/mol. The molecule has 0 aliphatic carbocycles. The number of hydrogen-bond donors (Lipinski definition) is 1. The molecule has 0 aromatic heterocycles. The van der Waals surface area contributed by atoms with E-state index >= 15 is 0 Å². The van der Waals surface area contributed by atoms with E-state index in [2.05, 4.69) is 5.32 Å². The van der Waals surface area contributed by atoms with Crippen LogP contribution in [0.2, 0.25) is 0 Å². The van der Waals surface area contributed by atoms with Crippen LogP contribution >= 0.6 is 0 Å². The van der Waals surface area contributed by atoms with Crippen LogP contribution < -0.4 is 5.32 Å². The molecular formula is C11H8N2O5. The molecule has 1 heterocycles. The number of ether oxygens (including phenoxy) is 1. The lowest BCUT2D eigenvalue weighted by molar-refractivity contribution is -0.384. The first kappa shape index (κ1) is 11.8. The topological polar surface area (TPSA) is 98.5 Å². The molecule has 7 heteroatoms. The van der Waals surface area contributed by atoms with Crippen molar-refractivity contribution in [3.8, 4) is 0 Å². The number of cyclic esters (lactones) is 1.